The fourth-order valence-electron chi connectivity index (χ4n) is 15.8. The molecule has 1 aromatic carbocycles. The van der Waals surface area contributed by atoms with E-state index in [4.69, 9.17) is 9.47 Å². The molecule has 4 heteroatoms. The van der Waals surface area contributed by atoms with E-state index in [9.17, 15) is 0 Å². The van der Waals surface area contributed by atoms with Gasteiger partial charge in [-0.15, -0.1) is 0 Å². The SMILES string of the molecule is CC1=C2C=C(C(C)(C)C)CC1N(C1C=CC=C3c4ccccc4OC31)C1CC(N(C3=CCC(C(C)(C)C)C=C3)C3CC=C(C(C)(C)C)CC3)CCC1CC1=CC=CC3C4OC5=CC=CC5C4C2[C@H]13. The Morgan fingerprint density at radius 3 is 2.28 bits per heavy atom. The normalized spacial score (nSPS) is 38.0. The quantitative estimate of drug-likeness (QED) is 0.281. The van der Waals surface area contributed by atoms with E-state index < -0.39 is 0 Å². The Morgan fingerprint density at radius 1 is 0.735 bits per heavy atom. The number of ether oxygens (including phenoxy) is 2. The molecule has 2 saturated carbocycles. The molecule has 3 fully saturated rings. The first-order valence-corrected chi connectivity index (χ1v) is 27.1. The van der Waals surface area contributed by atoms with Crippen molar-refractivity contribution in [3.63, 3.8) is 0 Å². The second kappa shape index (κ2) is 16.4. The number of benzene rings is 1. The highest BCUT2D eigenvalue weighted by Crippen LogP contribution is 2.63. The molecule has 0 radical (unpaired) electrons. The monoisotopic (exact) mass is 909 g/mol. The first-order chi connectivity index (χ1) is 32.5. The van der Waals surface area contributed by atoms with Gasteiger partial charge in [0.1, 0.15) is 23.7 Å². The molecule has 68 heavy (non-hydrogen) atoms. The van der Waals surface area contributed by atoms with Crippen LogP contribution in [-0.2, 0) is 4.74 Å². The Morgan fingerprint density at radius 2 is 1.53 bits per heavy atom. The highest BCUT2D eigenvalue weighted by molar-refractivity contribution is 5.80. The molecule has 2 bridgehead atoms. The molecule has 0 N–H and O–H groups in total. The summed E-state index contributed by atoms with van der Waals surface area (Å²) in [5.41, 5.74) is 12.8. The zero-order chi connectivity index (χ0) is 47.0. The molecule has 0 aromatic heterocycles. The van der Waals surface area contributed by atoms with Crippen molar-refractivity contribution in [3.05, 3.63) is 154 Å². The number of rotatable bonds is 4. The zero-order valence-electron chi connectivity index (χ0n) is 43.1. The Hall–Kier alpha value is -4.28. The van der Waals surface area contributed by atoms with Gasteiger partial charge in [0, 0.05) is 58.8 Å². The summed E-state index contributed by atoms with van der Waals surface area (Å²) < 4.78 is 14.4. The number of nitrogens with zero attached hydrogens (tertiary/aromatic N) is 2. The van der Waals surface area contributed by atoms with Gasteiger partial charge in [0.2, 0.25) is 0 Å². The van der Waals surface area contributed by atoms with Gasteiger partial charge in [-0.25, -0.2) is 0 Å². The van der Waals surface area contributed by atoms with Crippen LogP contribution in [0, 0.1) is 57.7 Å². The molecule has 0 spiro atoms. The third kappa shape index (κ3) is 7.37. The molecule has 12 rings (SSSR count). The number of allylic oxidation sites excluding steroid dienone is 14. The van der Waals surface area contributed by atoms with Crippen molar-refractivity contribution in [2.24, 2.45) is 57.7 Å². The Kier molecular flexibility index (Phi) is 10.8. The summed E-state index contributed by atoms with van der Waals surface area (Å²) in [5, 5.41) is 0. The zero-order valence-corrected chi connectivity index (χ0v) is 43.1. The third-order valence-corrected chi connectivity index (χ3v) is 19.5. The van der Waals surface area contributed by atoms with Gasteiger partial charge in [0.05, 0.1) is 6.04 Å². The van der Waals surface area contributed by atoms with Crippen LogP contribution in [0.1, 0.15) is 133 Å². The molecule has 13 unspecified atom stereocenters. The number of para-hydroxylation sites is 1. The van der Waals surface area contributed by atoms with Crippen molar-refractivity contribution < 1.29 is 9.47 Å². The van der Waals surface area contributed by atoms with Crippen LogP contribution in [0.3, 0.4) is 0 Å². The van der Waals surface area contributed by atoms with E-state index in [1.54, 1.807) is 27.9 Å². The molecule has 8 aliphatic carbocycles. The van der Waals surface area contributed by atoms with E-state index in [1.807, 2.05) is 0 Å². The summed E-state index contributed by atoms with van der Waals surface area (Å²) in [5.74, 6) is 5.41. The van der Waals surface area contributed by atoms with Crippen LogP contribution < -0.4 is 4.74 Å². The minimum atomic E-state index is -0.0419. The van der Waals surface area contributed by atoms with E-state index >= 15 is 0 Å². The van der Waals surface area contributed by atoms with E-state index in [-0.39, 0.29) is 40.5 Å². The standard InChI is InChI=1S/C64H80N2O2/c1-38-51-35-43(64(8,9)10)36-53(38)66(52-21-14-18-48-47-17-11-12-22-55(47)67-60(48)52)54-37-46(65(44-30-25-41(26-31-44)62(2,3)4)45-32-27-42(28-33-45)63(5,6)7)29-24-39(54)34-40-16-13-20-50-57(40)58(51)59-49-19-15-23-56(49)68-61(50)59/h11-23,25,27,30-31,35,39,41,45-46,49-50,52-54,57-61H,24,26,28-29,32-34,36-37H2,1-10H3/t39?,41?,45?,46?,49?,50?,52?,53?,54?,57-,58?,59?,60?,61?/m1/s1. The van der Waals surface area contributed by atoms with Gasteiger partial charge in [-0.2, -0.15) is 0 Å². The predicted octanol–water partition coefficient (Wildman–Crippen LogP) is 14.9. The first kappa shape index (κ1) is 44.9. The lowest BCUT2D eigenvalue weighted by atomic mass is 9.64. The number of fused-ring (bicyclic) bond motifs is 11. The fraction of sp³-hybridized carbons (Fsp3) is 0.562. The topological polar surface area (TPSA) is 24.9 Å². The second-order valence-electron chi connectivity index (χ2n) is 26.2. The Bertz CT molecular complexity index is 2580. The minimum absolute atomic E-state index is 0.0387. The van der Waals surface area contributed by atoms with Crippen molar-refractivity contribution in [1.82, 2.24) is 9.80 Å². The lowest BCUT2D eigenvalue weighted by molar-refractivity contribution is -0.00911. The Labute approximate surface area is 410 Å². The molecule has 3 aliphatic heterocycles. The van der Waals surface area contributed by atoms with Crippen molar-refractivity contribution in [1.29, 1.82) is 0 Å². The van der Waals surface area contributed by atoms with E-state index in [0.717, 1.165) is 37.9 Å². The maximum atomic E-state index is 7.25. The maximum absolute atomic E-state index is 7.25. The van der Waals surface area contributed by atoms with Crippen LogP contribution in [-0.4, -0.2) is 52.2 Å². The van der Waals surface area contributed by atoms with Crippen molar-refractivity contribution in [3.8, 4) is 5.75 Å². The minimum Gasteiger partial charge on any atom is -0.493 e. The lowest BCUT2D eigenvalue weighted by Gasteiger charge is -2.55. The molecule has 1 saturated heterocycles. The third-order valence-electron chi connectivity index (χ3n) is 19.5. The molecular formula is C64H80N2O2. The van der Waals surface area contributed by atoms with Crippen LogP contribution in [0.4, 0.5) is 0 Å². The van der Waals surface area contributed by atoms with Gasteiger partial charge in [-0.05, 0) is 128 Å². The number of hydrogen-bond donors (Lipinski definition) is 0. The van der Waals surface area contributed by atoms with Gasteiger partial charge >= 0.3 is 0 Å². The van der Waals surface area contributed by atoms with Crippen LogP contribution in [0.5, 0.6) is 5.75 Å². The van der Waals surface area contributed by atoms with Gasteiger partial charge in [0.25, 0.3) is 0 Å². The van der Waals surface area contributed by atoms with Crippen LogP contribution >= 0.6 is 0 Å². The first-order valence-electron chi connectivity index (χ1n) is 27.1. The highest BCUT2D eigenvalue weighted by atomic mass is 16.5. The van der Waals surface area contributed by atoms with E-state index in [0.29, 0.717) is 59.6 Å². The smallest absolute Gasteiger partial charge is 0.143 e. The van der Waals surface area contributed by atoms with Crippen molar-refractivity contribution in [2.45, 2.75) is 169 Å². The van der Waals surface area contributed by atoms with Crippen molar-refractivity contribution >= 4 is 5.57 Å². The van der Waals surface area contributed by atoms with Crippen LogP contribution in [0.2, 0.25) is 0 Å². The maximum Gasteiger partial charge on any atom is 0.143 e. The summed E-state index contributed by atoms with van der Waals surface area (Å²) in [6.07, 6.45) is 45.8. The van der Waals surface area contributed by atoms with Gasteiger partial charge in [-0.3, -0.25) is 4.90 Å². The molecule has 4 nitrogen and oxygen atoms in total. The number of hydrogen-bond acceptors (Lipinski definition) is 4. The summed E-state index contributed by atoms with van der Waals surface area (Å²) in [6, 6.07) is 10.5. The summed E-state index contributed by atoms with van der Waals surface area (Å²) in [7, 11) is 0. The molecule has 1 aromatic rings. The Balaban J connectivity index is 1.01. The molecule has 14 atom stereocenters. The summed E-state index contributed by atoms with van der Waals surface area (Å²) in [4.78, 5) is 6.15. The second-order valence-corrected chi connectivity index (χ2v) is 26.2. The largest absolute Gasteiger partial charge is 0.493 e. The van der Waals surface area contributed by atoms with Crippen LogP contribution in [0.15, 0.2) is 149 Å². The van der Waals surface area contributed by atoms with E-state index in [2.05, 4.69) is 188 Å². The molecule has 358 valence electrons. The molecule has 11 aliphatic rings. The van der Waals surface area contributed by atoms with Crippen molar-refractivity contribution in [2.75, 3.05) is 0 Å². The van der Waals surface area contributed by atoms with Gasteiger partial charge < -0.3 is 14.4 Å². The molecular weight excluding hydrogens is 829 g/mol. The van der Waals surface area contributed by atoms with Crippen LogP contribution in [0.25, 0.3) is 5.57 Å². The molecule has 0 amide bonds. The van der Waals surface area contributed by atoms with E-state index in [1.165, 1.54) is 48.3 Å². The summed E-state index contributed by atoms with van der Waals surface area (Å²) in [6.45, 7) is 24.5. The molecule has 3 heterocycles. The average Bonchev–Trinajstić information content (AvgIpc) is 4.08. The summed E-state index contributed by atoms with van der Waals surface area (Å²) >= 11 is 0. The lowest BCUT2D eigenvalue weighted by Crippen LogP contribution is -2.61. The fourth-order valence-corrected chi connectivity index (χ4v) is 15.8. The predicted molar refractivity (Wildman–Crippen MR) is 280 cm³/mol. The highest BCUT2D eigenvalue weighted by Gasteiger charge is 2.62. The average molecular weight is 909 g/mol. The van der Waals surface area contributed by atoms with Gasteiger partial charge in [0.15, 0.2) is 0 Å². The van der Waals surface area contributed by atoms with Gasteiger partial charge in [-0.1, -0.05) is 176 Å².